The number of aromatic nitrogens is 2. The summed E-state index contributed by atoms with van der Waals surface area (Å²) in [5, 5.41) is 4.42. The van der Waals surface area contributed by atoms with Gasteiger partial charge in [0.25, 0.3) is 11.8 Å². The first-order chi connectivity index (χ1) is 15.0. The highest BCUT2D eigenvalue weighted by molar-refractivity contribution is 5.96. The number of halogens is 1. The van der Waals surface area contributed by atoms with E-state index in [0.29, 0.717) is 43.0 Å². The van der Waals surface area contributed by atoms with Gasteiger partial charge in [-0.3, -0.25) is 9.59 Å². The minimum atomic E-state index is -0.318. The second kappa shape index (κ2) is 8.71. The zero-order valence-corrected chi connectivity index (χ0v) is 17.7. The van der Waals surface area contributed by atoms with Crippen LogP contribution in [0.2, 0.25) is 0 Å². The van der Waals surface area contributed by atoms with Crippen LogP contribution in [-0.4, -0.2) is 57.6 Å². The summed E-state index contributed by atoms with van der Waals surface area (Å²) in [6.45, 7) is 5.92. The molecule has 0 bridgehead atoms. The Labute approximate surface area is 180 Å². The van der Waals surface area contributed by atoms with Gasteiger partial charge in [-0.1, -0.05) is 32.0 Å². The topological polar surface area (TPSA) is 58.4 Å². The normalized spacial score (nSPS) is 14.2. The molecule has 0 saturated carbocycles. The lowest BCUT2D eigenvalue weighted by Gasteiger charge is -2.35. The van der Waals surface area contributed by atoms with E-state index in [2.05, 4.69) is 5.10 Å². The smallest absolute Gasteiger partial charge is 0.257 e. The molecule has 0 N–H and O–H groups in total. The van der Waals surface area contributed by atoms with E-state index in [1.165, 1.54) is 12.1 Å². The molecule has 1 aliphatic heterocycles. The molecule has 2 aromatic carbocycles. The number of piperazine rings is 1. The lowest BCUT2D eigenvalue weighted by atomic mass is 10.0. The van der Waals surface area contributed by atoms with Crippen molar-refractivity contribution >= 4 is 11.8 Å². The Hall–Kier alpha value is -3.48. The number of amides is 2. The monoisotopic (exact) mass is 420 g/mol. The van der Waals surface area contributed by atoms with Gasteiger partial charge in [0.15, 0.2) is 0 Å². The molecule has 1 aromatic heterocycles. The van der Waals surface area contributed by atoms with Crippen molar-refractivity contribution in [2.24, 2.45) is 0 Å². The van der Waals surface area contributed by atoms with Crippen molar-refractivity contribution in [2.45, 2.75) is 19.8 Å². The Bertz CT molecular complexity index is 1070. The van der Waals surface area contributed by atoms with E-state index >= 15 is 0 Å². The van der Waals surface area contributed by atoms with Gasteiger partial charge < -0.3 is 9.80 Å². The molecule has 3 aromatic rings. The van der Waals surface area contributed by atoms with Crippen LogP contribution in [0.25, 0.3) is 5.69 Å². The summed E-state index contributed by atoms with van der Waals surface area (Å²) >= 11 is 0. The molecule has 1 saturated heterocycles. The zero-order chi connectivity index (χ0) is 22.0. The van der Waals surface area contributed by atoms with Crippen molar-refractivity contribution in [3.05, 3.63) is 83.4 Å². The summed E-state index contributed by atoms with van der Waals surface area (Å²) in [6, 6.07) is 15.2. The van der Waals surface area contributed by atoms with Gasteiger partial charge in [-0.2, -0.15) is 5.10 Å². The third kappa shape index (κ3) is 4.21. The van der Waals surface area contributed by atoms with Gasteiger partial charge >= 0.3 is 0 Å². The minimum Gasteiger partial charge on any atom is -0.335 e. The number of nitrogens with zero attached hydrogens (tertiary/aromatic N) is 4. The second-order valence-corrected chi connectivity index (χ2v) is 7.94. The molecule has 31 heavy (non-hydrogen) atoms. The van der Waals surface area contributed by atoms with Crippen LogP contribution in [0.15, 0.2) is 60.8 Å². The molecule has 0 unspecified atom stereocenters. The van der Waals surface area contributed by atoms with Gasteiger partial charge in [0, 0.05) is 31.7 Å². The van der Waals surface area contributed by atoms with Gasteiger partial charge in [0.2, 0.25) is 0 Å². The van der Waals surface area contributed by atoms with E-state index in [1.807, 2.05) is 32.0 Å². The van der Waals surface area contributed by atoms with E-state index in [1.54, 1.807) is 44.9 Å². The molecule has 1 fully saturated rings. The van der Waals surface area contributed by atoms with Crippen LogP contribution in [0, 0.1) is 5.82 Å². The van der Waals surface area contributed by atoms with E-state index in [0.717, 1.165) is 5.69 Å². The Morgan fingerprint density at radius 3 is 2.03 bits per heavy atom. The van der Waals surface area contributed by atoms with E-state index in [-0.39, 0.29) is 23.5 Å². The maximum Gasteiger partial charge on any atom is 0.257 e. The summed E-state index contributed by atoms with van der Waals surface area (Å²) in [7, 11) is 0. The van der Waals surface area contributed by atoms with Gasteiger partial charge in [0.1, 0.15) is 5.82 Å². The van der Waals surface area contributed by atoms with Crippen LogP contribution in [0.1, 0.15) is 46.2 Å². The van der Waals surface area contributed by atoms with Crippen LogP contribution in [-0.2, 0) is 0 Å². The first-order valence-electron chi connectivity index (χ1n) is 10.4. The maximum atomic E-state index is 13.3. The number of hydrogen-bond acceptors (Lipinski definition) is 3. The van der Waals surface area contributed by atoms with Gasteiger partial charge in [-0.15, -0.1) is 0 Å². The maximum absolute atomic E-state index is 13.3. The van der Waals surface area contributed by atoms with Crippen molar-refractivity contribution < 1.29 is 14.0 Å². The molecule has 2 heterocycles. The summed E-state index contributed by atoms with van der Waals surface area (Å²) < 4.78 is 15.0. The zero-order valence-electron chi connectivity index (χ0n) is 17.7. The third-order valence-corrected chi connectivity index (χ3v) is 5.53. The number of carbonyl (C=O) groups is 2. The Kier molecular flexibility index (Phi) is 5.84. The highest BCUT2D eigenvalue weighted by Gasteiger charge is 2.29. The van der Waals surface area contributed by atoms with E-state index in [9.17, 15) is 14.0 Å². The molecule has 0 aliphatic carbocycles. The molecule has 2 amide bonds. The predicted octanol–water partition coefficient (Wildman–Crippen LogP) is 3.73. The molecule has 0 spiro atoms. The largest absolute Gasteiger partial charge is 0.335 e. The molecule has 4 rings (SSSR count). The molecular formula is C24H25FN4O2. The van der Waals surface area contributed by atoms with Crippen molar-refractivity contribution in [1.82, 2.24) is 19.6 Å². The summed E-state index contributed by atoms with van der Waals surface area (Å²) in [6.07, 6.45) is 1.59. The van der Waals surface area contributed by atoms with Crippen molar-refractivity contribution in [1.29, 1.82) is 0 Å². The van der Waals surface area contributed by atoms with Crippen LogP contribution in [0.3, 0.4) is 0 Å². The molecular weight excluding hydrogens is 395 g/mol. The van der Waals surface area contributed by atoms with Crippen LogP contribution >= 0.6 is 0 Å². The number of hydrogen-bond donors (Lipinski definition) is 0. The minimum absolute atomic E-state index is 0.0142. The Morgan fingerprint density at radius 1 is 0.871 bits per heavy atom. The SMILES string of the molecule is CC(C)c1c(C(=O)N2CCN(C(=O)c3ccccc3)CC2)cnn1-c1ccc(F)cc1. The van der Waals surface area contributed by atoms with Crippen LogP contribution in [0.5, 0.6) is 0 Å². The average molecular weight is 420 g/mol. The standard InChI is InChI=1S/C24H25FN4O2/c1-17(2)22-21(16-26-29(22)20-10-8-19(25)9-11-20)24(31)28-14-12-27(13-15-28)23(30)18-6-4-3-5-7-18/h3-11,16-17H,12-15H2,1-2H3. The van der Waals surface area contributed by atoms with E-state index in [4.69, 9.17) is 0 Å². The molecule has 7 heteroatoms. The second-order valence-electron chi connectivity index (χ2n) is 7.94. The molecule has 1 aliphatic rings. The Balaban J connectivity index is 1.50. The first kappa shape index (κ1) is 20.8. The fraction of sp³-hybridized carbons (Fsp3) is 0.292. The van der Waals surface area contributed by atoms with Crippen LogP contribution in [0.4, 0.5) is 4.39 Å². The summed E-state index contributed by atoms with van der Waals surface area (Å²) in [4.78, 5) is 29.5. The Morgan fingerprint density at radius 2 is 1.45 bits per heavy atom. The van der Waals surface area contributed by atoms with Crippen molar-refractivity contribution in [2.75, 3.05) is 26.2 Å². The molecule has 6 nitrogen and oxygen atoms in total. The van der Waals surface area contributed by atoms with Gasteiger partial charge in [0.05, 0.1) is 23.1 Å². The highest BCUT2D eigenvalue weighted by Crippen LogP contribution is 2.25. The lowest BCUT2D eigenvalue weighted by Crippen LogP contribution is -2.50. The van der Waals surface area contributed by atoms with E-state index < -0.39 is 0 Å². The summed E-state index contributed by atoms with van der Waals surface area (Å²) in [5.74, 6) is -0.378. The molecule has 0 atom stereocenters. The van der Waals surface area contributed by atoms with Crippen molar-refractivity contribution in [3.63, 3.8) is 0 Å². The molecule has 160 valence electrons. The molecule has 0 radical (unpaired) electrons. The summed E-state index contributed by atoms with van der Waals surface area (Å²) in [5.41, 5.74) is 2.70. The number of benzene rings is 2. The average Bonchev–Trinajstić information content (AvgIpc) is 3.25. The third-order valence-electron chi connectivity index (χ3n) is 5.53. The number of carbonyl (C=O) groups excluding carboxylic acids is 2. The van der Waals surface area contributed by atoms with Crippen molar-refractivity contribution in [3.8, 4) is 5.69 Å². The van der Waals surface area contributed by atoms with Crippen LogP contribution < -0.4 is 0 Å². The predicted molar refractivity (Wildman–Crippen MR) is 116 cm³/mol. The van der Waals surface area contributed by atoms with Gasteiger partial charge in [-0.25, -0.2) is 9.07 Å². The fourth-order valence-corrected chi connectivity index (χ4v) is 3.91. The lowest BCUT2D eigenvalue weighted by molar-refractivity contribution is 0.0534. The quantitative estimate of drug-likeness (QED) is 0.646. The van der Waals surface area contributed by atoms with Gasteiger partial charge in [-0.05, 0) is 42.3 Å². The number of rotatable bonds is 4. The fourth-order valence-electron chi connectivity index (χ4n) is 3.91. The highest BCUT2D eigenvalue weighted by atomic mass is 19.1. The first-order valence-corrected chi connectivity index (χ1v) is 10.4.